The molecule has 15 heavy (non-hydrogen) atoms. The number of esters is 1. The molecule has 1 aromatic rings. The number of methoxy groups -OCH3 is 1. The smallest absolute Gasteiger partial charge is 0.320 e. The van der Waals surface area contributed by atoms with Crippen LogP contribution in [0.1, 0.15) is 24.0 Å². The van der Waals surface area contributed by atoms with Gasteiger partial charge in [-0.1, -0.05) is 24.3 Å². The topological polar surface area (TPSA) is 43.4 Å². The molecule has 0 heterocycles. The molecule has 1 atom stereocenters. The number of hydrogen-bond donors (Lipinski definition) is 0. The van der Waals surface area contributed by atoms with E-state index in [9.17, 15) is 9.59 Å². The maximum absolute atomic E-state index is 11.5. The molecule has 0 N–H and O–H groups in total. The summed E-state index contributed by atoms with van der Waals surface area (Å²) in [6.45, 7) is 3.27. The largest absolute Gasteiger partial charge is 0.468 e. The molecule has 0 saturated heterocycles. The second-order valence-corrected chi connectivity index (χ2v) is 3.42. The van der Waals surface area contributed by atoms with Gasteiger partial charge in [-0.2, -0.15) is 0 Å². The van der Waals surface area contributed by atoms with Gasteiger partial charge in [0.05, 0.1) is 7.11 Å². The standard InChI is InChI=1S/C12H14O3/c1-8-6-4-5-7-10(8)11(9(2)13)12(14)15-3/h4-7,11H,1-3H3. The molecule has 0 aromatic heterocycles. The highest BCUT2D eigenvalue weighted by Crippen LogP contribution is 2.21. The van der Waals surface area contributed by atoms with Crippen molar-refractivity contribution in [2.75, 3.05) is 7.11 Å². The van der Waals surface area contributed by atoms with Crippen LogP contribution in [-0.2, 0) is 14.3 Å². The van der Waals surface area contributed by atoms with Gasteiger partial charge < -0.3 is 4.74 Å². The fraction of sp³-hybridized carbons (Fsp3) is 0.333. The summed E-state index contributed by atoms with van der Waals surface area (Å²) in [4.78, 5) is 22.9. The monoisotopic (exact) mass is 206 g/mol. The molecule has 0 amide bonds. The molecule has 3 heteroatoms. The zero-order valence-corrected chi connectivity index (χ0v) is 9.11. The number of carbonyl (C=O) groups is 2. The summed E-state index contributed by atoms with van der Waals surface area (Å²) in [6, 6.07) is 7.32. The van der Waals surface area contributed by atoms with Crippen molar-refractivity contribution in [2.24, 2.45) is 0 Å². The summed E-state index contributed by atoms with van der Waals surface area (Å²) < 4.78 is 4.62. The van der Waals surface area contributed by atoms with E-state index in [0.717, 1.165) is 11.1 Å². The molecule has 0 saturated carbocycles. The van der Waals surface area contributed by atoms with Crippen LogP contribution in [0.2, 0.25) is 0 Å². The molecule has 0 aliphatic rings. The highest BCUT2D eigenvalue weighted by molar-refractivity contribution is 6.03. The number of ether oxygens (including phenoxy) is 1. The minimum Gasteiger partial charge on any atom is -0.468 e. The molecule has 1 unspecified atom stereocenters. The fourth-order valence-electron chi connectivity index (χ4n) is 1.54. The Hall–Kier alpha value is -1.64. The van der Waals surface area contributed by atoms with Crippen molar-refractivity contribution >= 4 is 11.8 Å². The lowest BCUT2D eigenvalue weighted by atomic mass is 9.92. The van der Waals surface area contributed by atoms with E-state index in [4.69, 9.17) is 0 Å². The number of ketones is 1. The van der Waals surface area contributed by atoms with E-state index in [1.807, 2.05) is 19.1 Å². The highest BCUT2D eigenvalue weighted by Gasteiger charge is 2.27. The van der Waals surface area contributed by atoms with Gasteiger partial charge in [0.2, 0.25) is 0 Å². The Morgan fingerprint density at radius 3 is 2.33 bits per heavy atom. The molecule has 0 aliphatic heterocycles. The molecule has 0 bridgehead atoms. The lowest BCUT2D eigenvalue weighted by Crippen LogP contribution is -2.21. The zero-order valence-electron chi connectivity index (χ0n) is 9.11. The van der Waals surface area contributed by atoms with E-state index in [1.165, 1.54) is 14.0 Å². The van der Waals surface area contributed by atoms with Crippen LogP contribution in [0.4, 0.5) is 0 Å². The minimum atomic E-state index is -0.795. The Bertz CT molecular complexity index is 382. The number of aryl methyl sites for hydroxylation is 1. The summed E-state index contributed by atoms with van der Waals surface area (Å²) in [5.74, 6) is -1.50. The van der Waals surface area contributed by atoms with Crippen LogP contribution < -0.4 is 0 Å². The van der Waals surface area contributed by atoms with Crippen molar-refractivity contribution in [1.82, 2.24) is 0 Å². The third-order valence-corrected chi connectivity index (χ3v) is 2.34. The van der Waals surface area contributed by atoms with Crippen molar-refractivity contribution in [3.8, 4) is 0 Å². The van der Waals surface area contributed by atoms with E-state index in [2.05, 4.69) is 4.74 Å². The predicted octanol–water partition coefficient (Wildman–Crippen LogP) is 1.84. The van der Waals surface area contributed by atoms with Crippen LogP contribution in [0.3, 0.4) is 0 Å². The van der Waals surface area contributed by atoms with Crippen LogP contribution in [0.5, 0.6) is 0 Å². The molecule has 1 rings (SSSR count). The Morgan fingerprint density at radius 1 is 1.27 bits per heavy atom. The third kappa shape index (κ3) is 2.43. The van der Waals surface area contributed by atoms with Gasteiger partial charge in [-0.25, -0.2) is 0 Å². The lowest BCUT2D eigenvalue weighted by Gasteiger charge is -2.13. The summed E-state index contributed by atoms with van der Waals surface area (Å²) in [7, 11) is 1.29. The first-order valence-corrected chi connectivity index (χ1v) is 4.71. The first-order chi connectivity index (χ1) is 7.07. The van der Waals surface area contributed by atoms with E-state index in [-0.39, 0.29) is 5.78 Å². The SMILES string of the molecule is COC(=O)C(C(C)=O)c1ccccc1C. The number of benzene rings is 1. The second kappa shape index (κ2) is 4.73. The van der Waals surface area contributed by atoms with Crippen LogP contribution >= 0.6 is 0 Å². The van der Waals surface area contributed by atoms with E-state index >= 15 is 0 Å². The van der Waals surface area contributed by atoms with Gasteiger partial charge in [-0.05, 0) is 25.0 Å². The summed E-state index contributed by atoms with van der Waals surface area (Å²) >= 11 is 0. The Kier molecular flexibility index (Phi) is 3.61. The first kappa shape index (κ1) is 11.4. The van der Waals surface area contributed by atoms with Gasteiger partial charge in [-0.15, -0.1) is 0 Å². The van der Waals surface area contributed by atoms with Crippen molar-refractivity contribution in [1.29, 1.82) is 0 Å². The first-order valence-electron chi connectivity index (χ1n) is 4.71. The molecule has 0 fully saturated rings. The Labute approximate surface area is 89.1 Å². The normalized spacial score (nSPS) is 11.9. The number of Topliss-reactive ketones (excluding diaryl/α,β-unsaturated/α-hetero) is 1. The average molecular weight is 206 g/mol. The molecular formula is C12H14O3. The van der Waals surface area contributed by atoms with Gasteiger partial charge in [-0.3, -0.25) is 9.59 Å². The Balaban J connectivity index is 3.16. The summed E-state index contributed by atoms with van der Waals surface area (Å²) in [5.41, 5.74) is 1.64. The fourth-order valence-corrected chi connectivity index (χ4v) is 1.54. The third-order valence-electron chi connectivity index (χ3n) is 2.34. The van der Waals surface area contributed by atoms with Gasteiger partial charge in [0.15, 0.2) is 0 Å². The Morgan fingerprint density at radius 2 is 1.87 bits per heavy atom. The van der Waals surface area contributed by atoms with Crippen LogP contribution in [0.25, 0.3) is 0 Å². The zero-order chi connectivity index (χ0) is 11.4. The van der Waals surface area contributed by atoms with Crippen molar-refractivity contribution in [3.63, 3.8) is 0 Å². The molecule has 0 aliphatic carbocycles. The van der Waals surface area contributed by atoms with Crippen molar-refractivity contribution < 1.29 is 14.3 Å². The minimum absolute atomic E-state index is 0.198. The van der Waals surface area contributed by atoms with Gasteiger partial charge in [0.1, 0.15) is 11.7 Å². The number of carbonyl (C=O) groups excluding carboxylic acids is 2. The van der Waals surface area contributed by atoms with Gasteiger partial charge >= 0.3 is 5.97 Å². The number of hydrogen-bond acceptors (Lipinski definition) is 3. The molecule has 1 aromatic carbocycles. The highest BCUT2D eigenvalue weighted by atomic mass is 16.5. The maximum atomic E-state index is 11.5. The quantitative estimate of drug-likeness (QED) is 0.560. The van der Waals surface area contributed by atoms with Crippen LogP contribution in [-0.4, -0.2) is 18.9 Å². The van der Waals surface area contributed by atoms with Crippen molar-refractivity contribution in [2.45, 2.75) is 19.8 Å². The maximum Gasteiger partial charge on any atom is 0.320 e. The summed E-state index contributed by atoms with van der Waals surface area (Å²) in [5, 5.41) is 0. The van der Waals surface area contributed by atoms with E-state index < -0.39 is 11.9 Å². The van der Waals surface area contributed by atoms with Crippen LogP contribution in [0.15, 0.2) is 24.3 Å². The molecular weight excluding hydrogens is 192 g/mol. The lowest BCUT2D eigenvalue weighted by molar-refractivity contribution is -0.145. The molecule has 80 valence electrons. The van der Waals surface area contributed by atoms with Gasteiger partial charge in [0.25, 0.3) is 0 Å². The molecule has 0 spiro atoms. The van der Waals surface area contributed by atoms with E-state index in [0.29, 0.717) is 0 Å². The molecule has 0 radical (unpaired) electrons. The van der Waals surface area contributed by atoms with E-state index in [1.54, 1.807) is 12.1 Å². The van der Waals surface area contributed by atoms with Crippen molar-refractivity contribution in [3.05, 3.63) is 35.4 Å². The van der Waals surface area contributed by atoms with Gasteiger partial charge in [0, 0.05) is 0 Å². The van der Waals surface area contributed by atoms with Crippen LogP contribution in [0, 0.1) is 6.92 Å². The molecule has 3 nitrogen and oxygen atoms in total. The number of rotatable bonds is 3. The predicted molar refractivity (Wildman–Crippen MR) is 56.6 cm³/mol. The second-order valence-electron chi connectivity index (χ2n) is 3.42. The summed E-state index contributed by atoms with van der Waals surface area (Å²) in [6.07, 6.45) is 0. The average Bonchev–Trinajstić information content (AvgIpc) is 2.20.